The molecule has 2 amide bonds. The van der Waals surface area contributed by atoms with Gasteiger partial charge in [-0.1, -0.05) is 0 Å². The second-order valence-electron chi connectivity index (χ2n) is 5.77. The van der Waals surface area contributed by atoms with Gasteiger partial charge in [0.15, 0.2) is 6.61 Å². The van der Waals surface area contributed by atoms with Gasteiger partial charge in [-0.3, -0.25) is 14.9 Å². The first-order valence-electron chi connectivity index (χ1n) is 8.10. The van der Waals surface area contributed by atoms with Crippen LogP contribution in [0.2, 0.25) is 0 Å². The van der Waals surface area contributed by atoms with E-state index in [0.29, 0.717) is 4.88 Å². The van der Waals surface area contributed by atoms with E-state index in [1.54, 1.807) is 6.07 Å². The molecule has 1 aliphatic carbocycles. The van der Waals surface area contributed by atoms with Gasteiger partial charge in [-0.25, -0.2) is 4.79 Å². The van der Waals surface area contributed by atoms with Crippen LogP contribution in [0, 0.1) is 0 Å². The largest absolute Gasteiger partial charge is 0.451 e. The first kappa shape index (κ1) is 19.0. The molecule has 0 unspecified atom stereocenters. The molecule has 1 aromatic carbocycles. The van der Waals surface area contributed by atoms with Crippen molar-refractivity contribution < 1.29 is 32.6 Å². The first-order chi connectivity index (χ1) is 12.9. The molecule has 0 bridgehead atoms. The van der Waals surface area contributed by atoms with Crippen molar-refractivity contribution in [2.45, 2.75) is 25.9 Å². The molecule has 1 aliphatic rings. The first-order valence-corrected chi connectivity index (χ1v) is 8.92. The molecule has 1 aromatic heterocycles. The topological polar surface area (TPSA) is 81.7 Å². The number of amides is 2. The van der Waals surface area contributed by atoms with Crippen molar-refractivity contribution >= 4 is 29.1 Å². The minimum Gasteiger partial charge on any atom is -0.451 e. The average Bonchev–Trinajstić information content (AvgIpc) is 3.21. The number of ether oxygens (including phenoxy) is 2. The van der Waals surface area contributed by atoms with Crippen molar-refractivity contribution in [2.24, 2.45) is 0 Å². The van der Waals surface area contributed by atoms with Crippen LogP contribution >= 0.6 is 11.3 Å². The van der Waals surface area contributed by atoms with E-state index in [4.69, 9.17) is 4.74 Å². The maximum atomic E-state index is 12.1. The molecule has 0 saturated heterocycles. The van der Waals surface area contributed by atoms with Gasteiger partial charge in [-0.2, -0.15) is 8.78 Å². The number of rotatable bonds is 6. The van der Waals surface area contributed by atoms with Gasteiger partial charge in [0.2, 0.25) is 0 Å². The van der Waals surface area contributed by atoms with Crippen LogP contribution in [0.25, 0.3) is 0 Å². The number of carbonyl (C=O) groups is 3. The smallest absolute Gasteiger partial charge is 0.387 e. The van der Waals surface area contributed by atoms with Crippen LogP contribution in [0.3, 0.4) is 0 Å². The number of aryl methyl sites for hydroxylation is 2. The van der Waals surface area contributed by atoms with Crippen LogP contribution in [-0.2, 0) is 22.4 Å². The van der Waals surface area contributed by atoms with Crippen LogP contribution in [-0.4, -0.2) is 31.0 Å². The predicted molar refractivity (Wildman–Crippen MR) is 92.2 cm³/mol. The lowest BCUT2D eigenvalue weighted by Gasteiger charge is -2.07. The summed E-state index contributed by atoms with van der Waals surface area (Å²) in [4.78, 5) is 37.3. The molecular weight excluding hydrogens is 380 g/mol. The van der Waals surface area contributed by atoms with E-state index in [9.17, 15) is 23.2 Å². The van der Waals surface area contributed by atoms with Crippen LogP contribution in [0.1, 0.15) is 36.9 Å². The number of nitrogens with one attached hydrogen (secondary N) is 1. The Bertz CT molecular complexity index is 842. The monoisotopic (exact) mass is 395 g/mol. The van der Waals surface area contributed by atoms with Gasteiger partial charge < -0.3 is 9.47 Å². The number of fused-ring (bicyclic) bond motifs is 1. The number of halogens is 2. The number of alkyl halides is 2. The van der Waals surface area contributed by atoms with Crippen LogP contribution in [0.4, 0.5) is 8.78 Å². The number of esters is 1. The van der Waals surface area contributed by atoms with Crippen molar-refractivity contribution in [3.05, 3.63) is 51.2 Å². The maximum absolute atomic E-state index is 12.1. The van der Waals surface area contributed by atoms with Crippen molar-refractivity contribution in [2.75, 3.05) is 6.61 Å². The fourth-order valence-electron chi connectivity index (χ4n) is 2.65. The number of hydrogen-bond acceptors (Lipinski definition) is 6. The molecule has 1 N–H and O–H groups in total. The third-order valence-electron chi connectivity index (χ3n) is 3.88. The Morgan fingerprint density at radius 1 is 1.15 bits per heavy atom. The van der Waals surface area contributed by atoms with Crippen LogP contribution in [0.5, 0.6) is 5.75 Å². The van der Waals surface area contributed by atoms with Crippen LogP contribution < -0.4 is 10.1 Å². The second kappa shape index (κ2) is 8.26. The van der Waals surface area contributed by atoms with E-state index in [-0.39, 0.29) is 11.3 Å². The fraction of sp³-hybridized carbons (Fsp3) is 0.278. The highest BCUT2D eigenvalue weighted by Gasteiger charge is 2.20. The van der Waals surface area contributed by atoms with Crippen molar-refractivity contribution in [1.82, 2.24) is 5.32 Å². The normalized spacial score (nSPS) is 12.6. The van der Waals surface area contributed by atoms with Gasteiger partial charge in [0.05, 0.1) is 0 Å². The van der Waals surface area contributed by atoms with Crippen molar-refractivity contribution in [1.29, 1.82) is 0 Å². The Labute approximate surface area is 157 Å². The quantitative estimate of drug-likeness (QED) is 0.761. The molecule has 3 rings (SSSR count). The van der Waals surface area contributed by atoms with E-state index < -0.39 is 31.0 Å². The molecule has 0 atom stereocenters. The Kier molecular flexibility index (Phi) is 5.80. The maximum Gasteiger partial charge on any atom is 0.387 e. The lowest BCUT2D eigenvalue weighted by Crippen LogP contribution is -2.34. The highest BCUT2D eigenvalue weighted by molar-refractivity contribution is 7.14. The molecule has 9 heteroatoms. The average molecular weight is 395 g/mol. The minimum atomic E-state index is -2.97. The summed E-state index contributed by atoms with van der Waals surface area (Å²) in [5.74, 6) is -2.24. The Morgan fingerprint density at radius 2 is 1.89 bits per heavy atom. The van der Waals surface area contributed by atoms with Crippen molar-refractivity contribution in [3.63, 3.8) is 0 Å². The third-order valence-corrected chi connectivity index (χ3v) is 5.09. The minimum absolute atomic E-state index is 0.0750. The van der Waals surface area contributed by atoms with Crippen LogP contribution in [0.15, 0.2) is 30.3 Å². The molecule has 1 heterocycles. The predicted octanol–water partition coefficient (Wildman–Crippen LogP) is 2.95. The van der Waals surface area contributed by atoms with E-state index in [1.165, 1.54) is 40.5 Å². The number of carbonyl (C=O) groups excluding carboxylic acids is 3. The summed E-state index contributed by atoms with van der Waals surface area (Å²) in [6.45, 7) is -3.56. The van der Waals surface area contributed by atoms with Gasteiger partial charge in [0.25, 0.3) is 11.8 Å². The van der Waals surface area contributed by atoms with Crippen molar-refractivity contribution in [3.8, 4) is 5.75 Å². The molecule has 6 nitrogen and oxygen atoms in total. The number of benzene rings is 1. The Hall–Kier alpha value is -2.81. The molecule has 0 radical (unpaired) electrons. The van der Waals surface area contributed by atoms with Gasteiger partial charge in [0.1, 0.15) is 10.6 Å². The molecule has 0 spiro atoms. The fourth-order valence-corrected chi connectivity index (χ4v) is 3.80. The van der Waals surface area contributed by atoms with E-state index >= 15 is 0 Å². The van der Waals surface area contributed by atoms with Gasteiger partial charge in [-0.05, 0) is 55.2 Å². The van der Waals surface area contributed by atoms with Gasteiger partial charge in [-0.15, -0.1) is 11.3 Å². The summed E-state index contributed by atoms with van der Waals surface area (Å²) in [6, 6.07) is 6.61. The SMILES string of the molecule is O=C(COC(=O)c1cc2c(s1)CCC2)NC(=O)c1ccc(OC(F)F)cc1. The zero-order valence-corrected chi connectivity index (χ0v) is 14.8. The standard InChI is InChI=1S/C18H15F2NO5S/c19-18(20)26-12-6-4-10(5-7-12)16(23)21-15(22)9-25-17(24)14-8-11-2-1-3-13(11)27-14/h4-8,18H,1-3,9H2,(H,21,22,23). The van der Waals surface area contributed by atoms with Gasteiger partial charge in [0, 0.05) is 10.4 Å². The molecule has 0 fully saturated rings. The highest BCUT2D eigenvalue weighted by Crippen LogP contribution is 2.30. The molecule has 0 aliphatic heterocycles. The summed E-state index contributed by atoms with van der Waals surface area (Å²) in [6.07, 6.45) is 2.97. The summed E-state index contributed by atoms with van der Waals surface area (Å²) in [7, 11) is 0. The molecule has 27 heavy (non-hydrogen) atoms. The Balaban J connectivity index is 1.48. The van der Waals surface area contributed by atoms with E-state index in [2.05, 4.69) is 10.1 Å². The summed E-state index contributed by atoms with van der Waals surface area (Å²) in [5.41, 5.74) is 1.22. The van der Waals surface area contributed by atoms with E-state index in [1.807, 2.05) is 0 Å². The third kappa shape index (κ3) is 4.88. The molecule has 142 valence electrons. The number of hydrogen-bond donors (Lipinski definition) is 1. The zero-order valence-electron chi connectivity index (χ0n) is 14.0. The second-order valence-corrected chi connectivity index (χ2v) is 6.91. The Morgan fingerprint density at radius 3 is 2.56 bits per heavy atom. The number of thiophene rings is 1. The summed E-state index contributed by atoms with van der Waals surface area (Å²) in [5, 5.41) is 2.06. The number of imide groups is 1. The van der Waals surface area contributed by atoms with E-state index in [0.717, 1.165) is 24.8 Å². The lowest BCUT2D eigenvalue weighted by atomic mass is 10.2. The van der Waals surface area contributed by atoms with Gasteiger partial charge >= 0.3 is 12.6 Å². The summed E-state index contributed by atoms with van der Waals surface area (Å²) < 4.78 is 33.3. The molecular formula is C18H15F2NO5S. The highest BCUT2D eigenvalue weighted by atomic mass is 32.1. The lowest BCUT2D eigenvalue weighted by molar-refractivity contribution is -0.123. The molecule has 2 aromatic rings. The zero-order chi connectivity index (χ0) is 19.4. The summed E-state index contributed by atoms with van der Waals surface area (Å²) >= 11 is 1.36. The molecule has 0 saturated carbocycles.